The Balaban J connectivity index is 1.73. The highest BCUT2D eigenvalue weighted by molar-refractivity contribution is 5.16. The zero-order chi connectivity index (χ0) is 12.8. The van der Waals surface area contributed by atoms with Crippen molar-refractivity contribution in [1.82, 2.24) is 0 Å². The summed E-state index contributed by atoms with van der Waals surface area (Å²) in [5.74, 6) is 1.02. The topological polar surface area (TPSA) is 0 Å². The van der Waals surface area contributed by atoms with Gasteiger partial charge in [0, 0.05) is 0 Å². The second-order valence-corrected chi connectivity index (χ2v) is 5.26. The molecule has 0 radical (unpaired) electrons. The molecular formula is C16H20F2. The van der Waals surface area contributed by atoms with E-state index < -0.39 is 0 Å². The molecule has 0 aliphatic heterocycles. The summed E-state index contributed by atoms with van der Waals surface area (Å²) in [6, 6.07) is 6.79. The van der Waals surface area contributed by atoms with Crippen molar-refractivity contribution >= 4 is 0 Å². The van der Waals surface area contributed by atoms with Crippen LogP contribution in [0.4, 0.5) is 8.78 Å². The Kier molecular flexibility index (Phi) is 4.91. The van der Waals surface area contributed by atoms with Gasteiger partial charge in [-0.25, -0.2) is 8.78 Å². The second kappa shape index (κ2) is 6.67. The quantitative estimate of drug-likeness (QED) is 0.701. The third-order valence-corrected chi connectivity index (χ3v) is 3.99. The lowest BCUT2D eigenvalue weighted by atomic mass is 9.79. The van der Waals surface area contributed by atoms with Crippen molar-refractivity contribution in [1.29, 1.82) is 0 Å². The zero-order valence-corrected chi connectivity index (χ0v) is 10.6. The van der Waals surface area contributed by atoms with Crippen molar-refractivity contribution in [2.75, 3.05) is 0 Å². The van der Waals surface area contributed by atoms with Crippen LogP contribution in [0.2, 0.25) is 0 Å². The Bertz CT molecular complexity index is 373. The predicted octanol–water partition coefficient (Wildman–Crippen LogP) is 5.05. The monoisotopic (exact) mass is 250 g/mol. The fourth-order valence-electron chi connectivity index (χ4n) is 2.79. The summed E-state index contributed by atoms with van der Waals surface area (Å²) in [6.45, 7) is 0. The first-order valence-corrected chi connectivity index (χ1v) is 6.79. The molecule has 0 heterocycles. The molecule has 18 heavy (non-hydrogen) atoms. The van der Waals surface area contributed by atoms with Crippen LogP contribution >= 0.6 is 0 Å². The fraction of sp³-hybridized carbons (Fsp3) is 0.500. The highest BCUT2D eigenvalue weighted by Crippen LogP contribution is 2.32. The molecule has 1 aliphatic carbocycles. The van der Waals surface area contributed by atoms with E-state index in [2.05, 4.69) is 0 Å². The first kappa shape index (κ1) is 13.3. The van der Waals surface area contributed by atoms with Crippen LogP contribution in [0.1, 0.15) is 37.7 Å². The molecule has 0 aromatic heterocycles. The third-order valence-electron chi connectivity index (χ3n) is 3.99. The molecule has 0 N–H and O–H groups in total. The van der Waals surface area contributed by atoms with E-state index in [9.17, 15) is 8.78 Å². The molecule has 98 valence electrons. The number of hydrogen-bond acceptors (Lipinski definition) is 0. The molecular weight excluding hydrogens is 230 g/mol. The Hall–Kier alpha value is -1.18. The highest BCUT2D eigenvalue weighted by atomic mass is 19.1. The molecule has 0 spiro atoms. The first-order valence-electron chi connectivity index (χ1n) is 6.79. The Morgan fingerprint density at radius 1 is 1.06 bits per heavy atom. The van der Waals surface area contributed by atoms with Gasteiger partial charge in [-0.15, -0.1) is 0 Å². The van der Waals surface area contributed by atoms with Gasteiger partial charge in [-0.05, 0) is 68.1 Å². The minimum absolute atomic E-state index is 0.169. The number of benzene rings is 1. The summed E-state index contributed by atoms with van der Waals surface area (Å²) in [5.41, 5.74) is 1.21. The summed E-state index contributed by atoms with van der Waals surface area (Å²) < 4.78 is 24.8. The van der Waals surface area contributed by atoms with Crippen molar-refractivity contribution in [3.05, 3.63) is 48.1 Å². The van der Waals surface area contributed by atoms with Gasteiger partial charge in [0.15, 0.2) is 0 Å². The molecule has 1 aromatic carbocycles. The van der Waals surface area contributed by atoms with Gasteiger partial charge in [0.25, 0.3) is 0 Å². The SMILES string of the molecule is FC=CC1CCC(CCc2ccc(F)cc2)CC1. The molecule has 2 heteroatoms. The van der Waals surface area contributed by atoms with Crippen molar-refractivity contribution in [3.8, 4) is 0 Å². The van der Waals surface area contributed by atoms with Gasteiger partial charge in [0.05, 0.1) is 6.33 Å². The van der Waals surface area contributed by atoms with Gasteiger partial charge in [0.1, 0.15) is 5.82 Å². The maximum absolute atomic E-state index is 12.8. The summed E-state index contributed by atoms with van der Waals surface area (Å²) in [4.78, 5) is 0. The van der Waals surface area contributed by atoms with Gasteiger partial charge in [-0.3, -0.25) is 0 Å². The lowest BCUT2D eigenvalue weighted by Crippen LogP contribution is -2.13. The summed E-state index contributed by atoms with van der Waals surface area (Å²) >= 11 is 0. The fourth-order valence-corrected chi connectivity index (χ4v) is 2.79. The molecule has 1 aromatic rings. The summed E-state index contributed by atoms with van der Waals surface area (Å²) in [6.07, 6.45) is 9.15. The van der Waals surface area contributed by atoms with Crippen LogP contribution in [-0.2, 0) is 6.42 Å². The van der Waals surface area contributed by atoms with Crippen LogP contribution in [0.25, 0.3) is 0 Å². The van der Waals surface area contributed by atoms with E-state index in [4.69, 9.17) is 0 Å². The number of hydrogen-bond donors (Lipinski definition) is 0. The van der Waals surface area contributed by atoms with Crippen molar-refractivity contribution in [3.63, 3.8) is 0 Å². The number of allylic oxidation sites excluding steroid dienone is 1. The Labute approximate surface area is 108 Å². The summed E-state index contributed by atoms with van der Waals surface area (Å²) in [5, 5.41) is 0. The van der Waals surface area contributed by atoms with Gasteiger partial charge in [-0.2, -0.15) is 0 Å². The van der Waals surface area contributed by atoms with Crippen LogP contribution in [0.3, 0.4) is 0 Å². The zero-order valence-electron chi connectivity index (χ0n) is 10.6. The lowest BCUT2D eigenvalue weighted by molar-refractivity contribution is 0.295. The number of rotatable bonds is 4. The molecule has 2 rings (SSSR count). The number of halogens is 2. The first-order chi connectivity index (χ1) is 8.78. The van der Waals surface area contributed by atoms with E-state index >= 15 is 0 Å². The van der Waals surface area contributed by atoms with Gasteiger partial charge < -0.3 is 0 Å². The predicted molar refractivity (Wildman–Crippen MR) is 70.4 cm³/mol. The van der Waals surface area contributed by atoms with Crippen molar-refractivity contribution < 1.29 is 8.78 Å². The molecule has 1 fully saturated rings. The van der Waals surface area contributed by atoms with E-state index in [0.717, 1.165) is 31.6 Å². The summed E-state index contributed by atoms with van der Waals surface area (Å²) in [7, 11) is 0. The molecule has 0 atom stereocenters. The van der Waals surface area contributed by atoms with Crippen molar-refractivity contribution in [2.45, 2.75) is 38.5 Å². The maximum atomic E-state index is 12.8. The van der Waals surface area contributed by atoms with Crippen LogP contribution in [0.15, 0.2) is 36.7 Å². The van der Waals surface area contributed by atoms with E-state index in [-0.39, 0.29) is 5.82 Å². The van der Waals surface area contributed by atoms with Gasteiger partial charge in [0.2, 0.25) is 0 Å². The van der Waals surface area contributed by atoms with E-state index in [1.165, 1.54) is 30.5 Å². The largest absolute Gasteiger partial charge is 0.216 e. The second-order valence-electron chi connectivity index (χ2n) is 5.26. The van der Waals surface area contributed by atoms with E-state index in [0.29, 0.717) is 12.2 Å². The van der Waals surface area contributed by atoms with Crippen LogP contribution < -0.4 is 0 Å². The van der Waals surface area contributed by atoms with Crippen molar-refractivity contribution in [2.24, 2.45) is 11.8 Å². The Morgan fingerprint density at radius 3 is 2.33 bits per heavy atom. The smallest absolute Gasteiger partial charge is 0.123 e. The lowest BCUT2D eigenvalue weighted by Gasteiger charge is -2.26. The minimum atomic E-state index is -0.169. The minimum Gasteiger partial charge on any atom is -0.216 e. The number of aryl methyl sites for hydroxylation is 1. The molecule has 1 saturated carbocycles. The molecule has 1 aliphatic rings. The molecule has 0 amide bonds. The third kappa shape index (κ3) is 3.94. The highest BCUT2D eigenvalue weighted by Gasteiger charge is 2.19. The van der Waals surface area contributed by atoms with Gasteiger partial charge in [-0.1, -0.05) is 18.2 Å². The van der Waals surface area contributed by atoms with Gasteiger partial charge >= 0.3 is 0 Å². The molecule has 0 bridgehead atoms. The molecule has 0 unspecified atom stereocenters. The normalized spacial score (nSPS) is 24.6. The standard InChI is InChI=1S/C16H20F2/c17-12-11-15-5-3-13(4-6-15)1-2-14-7-9-16(18)10-8-14/h7-13,15H,1-6H2. The average Bonchev–Trinajstić information content (AvgIpc) is 2.40. The molecule has 0 nitrogen and oxygen atoms in total. The van der Waals surface area contributed by atoms with Crippen LogP contribution in [0.5, 0.6) is 0 Å². The molecule has 0 saturated heterocycles. The van der Waals surface area contributed by atoms with Crippen LogP contribution in [0, 0.1) is 17.7 Å². The maximum Gasteiger partial charge on any atom is 0.123 e. The average molecular weight is 250 g/mol. The van der Waals surface area contributed by atoms with Crippen LogP contribution in [-0.4, -0.2) is 0 Å². The Morgan fingerprint density at radius 2 is 1.72 bits per heavy atom. The van der Waals surface area contributed by atoms with E-state index in [1.54, 1.807) is 6.08 Å². The van der Waals surface area contributed by atoms with E-state index in [1.807, 2.05) is 12.1 Å².